The first-order valence-corrected chi connectivity index (χ1v) is 10.2. The van der Waals surface area contributed by atoms with Gasteiger partial charge < -0.3 is 15.4 Å². The van der Waals surface area contributed by atoms with Gasteiger partial charge in [0.1, 0.15) is 18.2 Å². The molecule has 2 N–H and O–H groups in total. The molecule has 0 bridgehead atoms. The van der Waals surface area contributed by atoms with E-state index in [4.69, 9.17) is 4.74 Å². The molecule has 1 saturated heterocycles. The predicted octanol–water partition coefficient (Wildman–Crippen LogP) is 3.96. The number of ether oxygens (including phenoxy) is 1. The molecule has 0 radical (unpaired) electrons. The Hall–Kier alpha value is -3.35. The number of benzene rings is 2. The molecule has 1 aliphatic rings. The minimum absolute atomic E-state index is 0.0210. The number of anilines is 1. The van der Waals surface area contributed by atoms with Gasteiger partial charge >= 0.3 is 0 Å². The summed E-state index contributed by atoms with van der Waals surface area (Å²) in [6, 6.07) is 20.7. The van der Waals surface area contributed by atoms with Crippen LogP contribution < -0.4 is 10.6 Å². The van der Waals surface area contributed by atoms with Crippen molar-refractivity contribution in [3.05, 3.63) is 84.4 Å². The maximum Gasteiger partial charge on any atom is 0.137 e. The molecule has 0 aliphatic carbocycles. The number of rotatable bonds is 5. The van der Waals surface area contributed by atoms with Crippen molar-refractivity contribution in [3.63, 3.8) is 0 Å². The smallest absolute Gasteiger partial charge is 0.137 e. The maximum absolute atomic E-state index is 5.90. The van der Waals surface area contributed by atoms with Crippen LogP contribution >= 0.6 is 0 Å². The van der Waals surface area contributed by atoms with E-state index in [-0.39, 0.29) is 6.10 Å². The fraction of sp³-hybridized carbons (Fsp3) is 0.208. The zero-order chi connectivity index (χ0) is 20.2. The monoisotopic (exact) mass is 397 g/mol. The van der Waals surface area contributed by atoms with Crippen molar-refractivity contribution in [3.8, 4) is 11.1 Å². The highest BCUT2D eigenvalue weighted by atomic mass is 16.5. The molecule has 0 spiro atoms. The molecule has 0 amide bonds. The van der Waals surface area contributed by atoms with Crippen LogP contribution in [0.2, 0.25) is 0 Å². The molecule has 1 atom stereocenters. The second-order valence-electron chi connectivity index (χ2n) is 7.29. The van der Waals surface area contributed by atoms with E-state index in [1.54, 1.807) is 6.33 Å². The van der Waals surface area contributed by atoms with E-state index >= 15 is 0 Å². The van der Waals surface area contributed by atoms with Crippen LogP contribution in [0.3, 0.4) is 0 Å². The third kappa shape index (κ3) is 3.87. The van der Waals surface area contributed by atoms with Crippen LogP contribution in [0.5, 0.6) is 0 Å². The number of hydrogen-bond acceptors (Lipinski definition) is 6. The van der Waals surface area contributed by atoms with Gasteiger partial charge in [0.2, 0.25) is 0 Å². The van der Waals surface area contributed by atoms with Crippen LogP contribution in [-0.4, -0.2) is 34.6 Å². The predicted molar refractivity (Wildman–Crippen MR) is 118 cm³/mol. The van der Waals surface area contributed by atoms with Crippen molar-refractivity contribution < 1.29 is 4.74 Å². The molecule has 5 rings (SSSR count). The van der Waals surface area contributed by atoms with E-state index in [1.807, 2.05) is 30.5 Å². The fourth-order valence-corrected chi connectivity index (χ4v) is 3.82. The van der Waals surface area contributed by atoms with E-state index in [2.05, 4.69) is 62.0 Å². The summed E-state index contributed by atoms with van der Waals surface area (Å²) >= 11 is 0. The molecule has 6 heteroatoms. The number of pyridine rings is 1. The Balaban J connectivity index is 1.40. The number of fused-ring (bicyclic) bond motifs is 1. The van der Waals surface area contributed by atoms with Crippen molar-refractivity contribution in [1.29, 1.82) is 0 Å². The number of morpholine rings is 1. The van der Waals surface area contributed by atoms with Crippen molar-refractivity contribution in [2.45, 2.75) is 12.6 Å². The van der Waals surface area contributed by atoms with Crippen molar-refractivity contribution >= 4 is 16.7 Å². The molecule has 1 fully saturated rings. The molecule has 2 aromatic heterocycles. The molecular weight excluding hydrogens is 374 g/mol. The second-order valence-corrected chi connectivity index (χ2v) is 7.29. The summed E-state index contributed by atoms with van der Waals surface area (Å²) in [5, 5.41) is 7.85. The molecule has 1 aliphatic heterocycles. The minimum atomic E-state index is -0.0210. The lowest BCUT2D eigenvalue weighted by Crippen LogP contribution is -2.34. The van der Waals surface area contributed by atoms with Gasteiger partial charge in [0, 0.05) is 31.2 Å². The summed E-state index contributed by atoms with van der Waals surface area (Å²) in [5.74, 6) is 0.817. The van der Waals surface area contributed by atoms with Gasteiger partial charge in [0.05, 0.1) is 17.8 Å². The summed E-state index contributed by atoms with van der Waals surface area (Å²) in [6.45, 7) is 2.99. The van der Waals surface area contributed by atoms with Gasteiger partial charge in [-0.05, 0) is 34.9 Å². The van der Waals surface area contributed by atoms with Crippen molar-refractivity contribution in [2.24, 2.45) is 0 Å². The summed E-state index contributed by atoms with van der Waals surface area (Å²) in [5.41, 5.74) is 5.32. The normalized spacial score (nSPS) is 16.5. The first kappa shape index (κ1) is 18.7. The molecule has 1 unspecified atom stereocenters. The average Bonchev–Trinajstić information content (AvgIpc) is 2.83. The van der Waals surface area contributed by atoms with Gasteiger partial charge in [-0.3, -0.25) is 4.98 Å². The number of nitrogens with one attached hydrogen (secondary N) is 2. The first-order chi connectivity index (χ1) is 14.9. The molecule has 150 valence electrons. The van der Waals surface area contributed by atoms with Gasteiger partial charge in [0.25, 0.3) is 0 Å². The number of hydrogen-bond donors (Lipinski definition) is 2. The van der Waals surface area contributed by atoms with Gasteiger partial charge in [-0.15, -0.1) is 0 Å². The summed E-state index contributed by atoms with van der Waals surface area (Å²) in [7, 11) is 0. The Kier molecular flexibility index (Phi) is 5.33. The summed E-state index contributed by atoms with van der Waals surface area (Å²) in [6.07, 6.45) is 3.41. The lowest BCUT2D eigenvalue weighted by Gasteiger charge is -2.25. The fourth-order valence-electron chi connectivity index (χ4n) is 3.82. The van der Waals surface area contributed by atoms with Gasteiger partial charge in [0.15, 0.2) is 0 Å². The largest absolute Gasteiger partial charge is 0.369 e. The zero-order valence-corrected chi connectivity index (χ0v) is 16.6. The highest BCUT2D eigenvalue weighted by Crippen LogP contribution is 2.27. The lowest BCUT2D eigenvalue weighted by atomic mass is 10.0. The first-order valence-electron chi connectivity index (χ1n) is 10.2. The molecule has 6 nitrogen and oxygen atoms in total. The van der Waals surface area contributed by atoms with E-state index in [0.717, 1.165) is 46.6 Å². The van der Waals surface area contributed by atoms with Crippen molar-refractivity contribution in [1.82, 2.24) is 20.3 Å². The Bertz CT molecular complexity index is 1140. The topological polar surface area (TPSA) is 72.0 Å². The van der Waals surface area contributed by atoms with Crippen LogP contribution in [-0.2, 0) is 11.3 Å². The van der Waals surface area contributed by atoms with E-state index in [0.29, 0.717) is 13.2 Å². The molecule has 2 aromatic carbocycles. The summed E-state index contributed by atoms with van der Waals surface area (Å²) in [4.78, 5) is 13.5. The van der Waals surface area contributed by atoms with Crippen molar-refractivity contribution in [2.75, 3.05) is 25.0 Å². The lowest BCUT2D eigenvalue weighted by molar-refractivity contribution is 0.0245. The zero-order valence-electron chi connectivity index (χ0n) is 16.6. The second kappa shape index (κ2) is 8.57. The Morgan fingerprint density at radius 3 is 2.77 bits per heavy atom. The van der Waals surface area contributed by atoms with Gasteiger partial charge in [-0.2, -0.15) is 0 Å². The molecule has 30 heavy (non-hydrogen) atoms. The Morgan fingerprint density at radius 1 is 0.967 bits per heavy atom. The highest BCUT2D eigenvalue weighted by Gasteiger charge is 2.20. The van der Waals surface area contributed by atoms with E-state index in [9.17, 15) is 0 Å². The van der Waals surface area contributed by atoms with Gasteiger partial charge in [-0.25, -0.2) is 9.97 Å². The van der Waals surface area contributed by atoms with E-state index in [1.165, 1.54) is 5.56 Å². The molecule has 4 aromatic rings. The standard InChI is InChI=1S/C24H23N5O/c1-2-5-17(6-3-1)18-8-9-20-21(13-18)28-16-29-24(20)27-14-19-7-4-10-26-23(19)22-15-25-11-12-30-22/h1-10,13,16,22,25H,11-12,14-15H2,(H,27,28,29). The van der Waals surface area contributed by atoms with Crippen LogP contribution in [0.4, 0.5) is 5.82 Å². The third-order valence-corrected chi connectivity index (χ3v) is 5.35. The van der Waals surface area contributed by atoms with E-state index < -0.39 is 0 Å². The SMILES string of the molecule is c1ccc(-c2ccc3c(NCc4cccnc4C4CNCCO4)ncnc3c2)cc1. The molecule has 0 saturated carbocycles. The van der Waals surface area contributed by atoms with Crippen LogP contribution in [0.1, 0.15) is 17.4 Å². The average molecular weight is 397 g/mol. The molecule has 3 heterocycles. The van der Waals surface area contributed by atoms with Crippen LogP contribution in [0.25, 0.3) is 22.0 Å². The quantitative estimate of drug-likeness (QED) is 0.531. The van der Waals surface area contributed by atoms with Gasteiger partial charge in [-0.1, -0.05) is 42.5 Å². The minimum Gasteiger partial charge on any atom is -0.369 e. The highest BCUT2D eigenvalue weighted by molar-refractivity contribution is 5.91. The number of nitrogens with zero attached hydrogens (tertiary/aromatic N) is 3. The maximum atomic E-state index is 5.90. The molecular formula is C24H23N5O. The van der Waals surface area contributed by atoms with Crippen LogP contribution in [0, 0.1) is 0 Å². The number of aromatic nitrogens is 3. The Morgan fingerprint density at radius 2 is 1.90 bits per heavy atom. The summed E-state index contributed by atoms with van der Waals surface area (Å²) < 4.78 is 5.90. The Labute approximate surface area is 175 Å². The van der Waals surface area contributed by atoms with Crippen LogP contribution in [0.15, 0.2) is 73.2 Å². The third-order valence-electron chi connectivity index (χ3n) is 5.35.